The molecule has 6 nitrogen and oxygen atoms in total. The zero-order valence-electron chi connectivity index (χ0n) is 13.4. The van der Waals surface area contributed by atoms with Crippen LogP contribution in [0.2, 0.25) is 0 Å². The van der Waals surface area contributed by atoms with Gasteiger partial charge >= 0.3 is 0 Å². The highest BCUT2D eigenvalue weighted by Crippen LogP contribution is 2.26. The molecule has 25 heavy (non-hydrogen) atoms. The van der Waals surface area contributed by atoms with Crippen LogP contribution in [0.1, 0.15) is 12.5 Å². The molecule has 124 valence electrons. The number of nitriles is 1. The van der Waals surface area contributed by atoms with E-state index in [2.05, 4.69) is 15.4 Å². The Morgan fingerprint density at radius 1 is 1.28 bits per heavy atom. The zero-order chi connectivity index (χ0) is 17.8. The number of nitrogens with zero attached hydrogens (tertiary/aromatic N) is 4. The number of benzene rings is 1. The Hall–Kier alpha value is -3.53. The Labute approximate surface area is 143 Å². The van der Waals surface area contributed by atoms with Gasteiger partial charge in [0.2, 0.25) is 0 Å². The van der Waals surface area contributed by atoms with E-state index in [0.717, 1.165) is 0 Å². The molecule has 0 fully saturated rings. The van der Waals surface area contributed by atoms with Gasteiger partial charge in [-0.15, -0.1) is 0 Å². The van der Waals surface area contributed by atoms with Crippen molar-refractivity contribution in [1.82, 2.24) is 14.8 Å². The van der Waals surface area contributed by atoms with E-state index in [1.54, 1.807) is 31.5 Å². The lowest BCUT2D eigenvalue weighted by molar-refractivity contribution is 0.619. The van der Waals surface area contributed by atoms with E-state index in [4.69, 9.17) is 0 Å². The van der Waals surface area contributed by atoms with E-state index in [0.29, 0.717) is 23.5 Å². The second kappa shape index (κ2) is 6.93. The monoisotopic (exact) mass is 335 g/mol. The van der Waals surface area contributed by atoms with Gasteiger partial charge in [-0.1, -0.05) is 0 Å². The summed E-state index contributed by atoms with van der Waals surface area (Å²) in [7, 11) is 0. The quantitative estimate of drug-likeness (QED) is 0.792. The van der Waals surface area contributed by atoms with Crippen LogP contribution in [0.5, 0.6) is 0 Å². The normalized spacial score (nSPS) is 10.3. The summed E-state index contributed by atoms with van der Waals surface area (Å²) in [5, 5.41) is 16.8. The first-order chi connectivity index (χ1) is 12.1. The summed E-state index contributed by atoms with van der Waals surface area (Å²) in [6.07, 6.45) is 3.16. The SMILES string of the molecule is CCn1nc(-c2ccc(F)cc2)c(C#N)c(Nc2cccnc2)c1=O. The average Bonchev–Trinajstić information content (AvgIpc) is 2.65. The first kappa shape index (κ1) is 16.3. The third-order valence-electron chi connectivity index (χ3n) is 3.62. The fraction of sp³-hybridized carbons (Fsp3) is 0.111. The van der Waals surface area contributed by atoms with Crippen molar-refractivity contribution in [2.24, 2.45) is 0 Å². The third-order valence-corrected chi connectivity index (χ3v) is 3.62. The highest BCUT2D eigenvalue weighted by Gasteiger charge is 2.18. The molecule has 0 saturated carbocycles. The Bertz CT molecular complexity index is 991. The molecule has 0 bridgehead atoms. The van der Waals surface area contributed by atoms with Crippen molar-refractivity contribution >= 4 is 11.4 Å². The number of rotatable bonds is 4. The van der Waals surface area contributed by atoms with Crippen molar-refractivity contribution in [2.75, 3.05) is 5.32 Å². The predicted octanol–water partition coefficient (Wildman–Crippen LogP) is 3.08. The maximum atomic E-state index is 13.2. The minimum atomic E-state index is -0.409. The van der Waals surface area contributed by atoms with Crippen LogP contribution >= 0.6 is 0 Å². The summed E-state index contributed by atoms with van der Waals surface area (Å²) >= 11 is 0. The number of pyridine rings is 1. The molecule has 0 aliphatic heterocycles. The molecule has 7 heteroatoms. The van der Waals surface area contributed by atoms with Crippen molar-refractivity contribution in [2.45, 2.75) is 13.5 Å². The van der Waals surface area contributed by atoms with E-state index in [1.807, 2.05) is 6.07 Å². The van der Waals surface area contributed by atoms with Crippen molar-refractivity contribution < 1.29 is 4.39 Å². The topological polar surface area (TPSA) is 83.6 Å². The molecule has 0 spiro atoms. The van der Waals surface area contributed by atoms with Crippen molar-refractivity contribution in [3.05, 3.63) is 70.5 Å². The minimum absolute atomic E-state index is 0.102. The summed E-state index contributed by atoms with van der Waals surface area (Å²) in [4.78, 5) is 16.6. The van der Waals surface area contributed by atoms with Gasteiger partial charge in [0.05, 0.1) is 11.9 Å². The van der Waals surface area contributed by atoms with Crippen LogP contribution in [0, 0.1) is 17.1 Å². The molecule has 3 rings (SSSR count). The maximum absolute atomic E-state index is 13.2. The van der Waals surface area contributed by atoms with Crippen LogP contribution in [0.25, 0.3) is 11.3 Å². The van der Waals surface area contributed by atoms with Gasteiger partial charge in [0, 0.05) is 18.3 Å². The molecule has 0 atom stereocenters. The second-order valence-electron chi connectivity index (χ2n) is 5.20. The third kappa shape index (κ3) is 3.23. The molecule has 1 aromatic carbocycles. The summed E-state index contributed by atoms with van der Waals surface area (Å²) in [5.41, 5.74) is 1.25. The van der Waals surface area contributed by atoms with Crippen molar-refractivity contribution in [1.29, 1.82) is 5.26 Å². The smallest absolute Gasteiger partial charge is 0.291 e. The average molecular weight is 335 g/mol. The summed E-state index contributed by atoms with van der Waals surface area (Å²) in [6.45, 7) is 2.11. The number of aromatic nitrogens is 3. The van der Waals surface area contributed by atoms with Gasteiger partial charge in [0.1, 0.15) is 28.8 Å². The lowest BCUT2D eigenvalue weighted by Gasteiger charge is -2.13. The lowest BCUT2D eigenvalue weighted by Crippen LogP contribution is -2.26. The predicted molar refractivity (Wildman–Crippen MR) is 91.8 cm³/mol. The van der Waals surface area contributed by atoms with Crippen LogP contribution in [0.3, 0.4) is 0 Å². The molecule has 2 heterocycles. The highest BCUT2D eigenvalue weighted by molar-refractivity contribution is 5.76. The second-order valence-corrected chi connectivity index (χ2v) is 5.20. The van der Waals surface area contributed by atoms with Gasteiger partial charge in [-0.2, -0.15) is 10.4 Å². The molecule has 2 aromatic heterocycles. The molecule has 0 aliphatic rings. The number of hydrogen-bond donors (Lipinski definition) is 1. The van der Waals surface area contributed by atoms with Crippen molar-refractivity contribution in [3.8, 4) is 17.3 Å². The number of halogens is 1. The van der Waals surface area contributed by atoms with E-state index >= 15 is 0 Å². The van der Waals surface area contributed by atoms with Crippen LogP contribution in [0.15, 0.2) is 53.6 Å². The minimum Gasteiger partial charge on any atom is -0.349 e. The van der Waals surface area contributed by atoms with Gasteiger partial charge in [0.25, 0.3) is 5.56 Å². The maximum Gasteiger partial charge on any atom is 0.291 e. The molecule has 0 aliphatic carbocycles. The molecular weight excluding hydrogens is 321 g/mol. The van der Waals surface area contributed by atoms with Gasteiger partial charge in [-0.05, 0) is 43.3 Å². The zero-order valence-corrected chi connectivity index (χ0v) is 13.4. The van der Waals surface area contributed by atoms with E-state index in [1.165, 1.54) is 28.9 Å². The molecule has 0 amide bonds. The van der Waals surface area contributed by atoms with Gasteiger partial charge in [-0.25, -0.2) is 9.07 Å². The number of aryl methyl sites for hydroxylation is 1. The van der Waals surface area contributed by atoms with E-state index in [9.17, 15) is 14.4 Å². The number of hydrogen-bond acceptors (Lipinski definition) is 5. The molecule has 3 aromatic rings. The summed E-state index contributed by atoms with van der Waals surface area (Å²) in [5.74, 6) is -0.389. The lowest BCUT2D eigenvalue weighted by atomic mass is 10.1. The fourth-order valence-corrected chi connectivity index (χ4v) is 2.40. The van der Waals surface area contributed by atoms with Crippen LogP contribution in [-0.4, -0.2) is 14.8 Å². The first-order valence-electron chi connectivity index (χ1n) is 7.62. The Balaban J connectivity index is 2.23. The molecule has 0 saturated heterocycles. The van der Waals surface area contributed by atoms with Gasteiger partial charge < -0.3 is 5.32 Å². The molecule has 0 unspecified atom stereocenters. The van der Waals surface area contributed by atoms with Crippen LogP contribution in [-0.2, 0) is 6.54 Å². The Morgan fingerprint density at radius 3 is 2.64 bits per heavy atom. The van der Waals surface area contributed by atoms with Gasteiger partial charge in [-0.3, -0.25) is 9.78 Å². The van der Waals surface area contributed by atoms with Crippen LogP contribution in [0.4, 0.5) is 15.8 Å². The number of nitrogens with one attached hydrogen (secondary N) is 1. The fourth-order valence-electron chi connectivity index (χ4n) is 2.40. The first-order valence-corrected chi connectivity index (χ1v) is 7.62. The molecular formula is C18H14FN5O. The van der Waals surface area contributed by atoms with Crippen molar-refractivity contribution in [3.63, 3.8) is 0 Å². The molecule has 0 radical (unpaired) electrons. The number of anilines is 2. The highest BCUT2D eigenvalue weighted by atomic mass is 19.1. The summed E-state index contributed by atoms with van der Waals surface area (Å²) < 4.78 is 14.5. The van der Waals surface area contributed by atoms with E-state index in [-0.39, 0.29) is 17.1 Å². The Morgan fingerprint density at radius 2 is 2.04 bits per heavy atom. The molecule has 1 N–H and O–H groups in total. The van der Waals surface area contributed by atoms with Gasteiger partial charge in [0.15, 0.2) is 0 Å². The largest absolute Gasteiger partial charge is 0.349 e. The summed E-state index contributed by atoms with van der Waals surface area (Å²) in [6, 6.07) is 11.1. The van der Waals surface area contributed by atoms with Crippen LogP contribution < -0.4 is 10.9 Å². The van der Waals surface area contributed by atoms with E-state index < -0.39 is 5.56 Å². The standard InChI is InChI=1S/C18H14FN5O/c1-2-24-18(25)17(22-14-4-3-9-21-11-14)15(10-20)16(23-24)12-5-7-13(19)8-6-12/h3-9,11,22H,2H2,1H3. The Kier molecular flexibility index (Phi) is 4.53.